The second kappa shape index (κ2) is 8.00. The van der Waals surface area contributed by atoms with Crippen LogP contribution in [0.2, 0.25) is 0 Å². The van der Waals surface area contributed by atoms with Crippen molar-refractivity contribution in [2.45, 2.75) is 25.4 Å². The first-order chi connectivity index (χ1) is 14.0. The fraction of sp³-hybridized carbons (Fsp3) is 0.190. The van der Waals surface area contributed by atoms with Crippen LogP contribution in [0.4, 0.5) is 0 Å². The Bertz CT molecular complexity index is 1250. The summed E-state index contributed by atoms with van der Waals surface area (Å²) in [5.74, 6) is 0.467. The van der Waals surface area contributed by atoms with E-state index in [-0.39, 0.29) is 22.9 Å². The van der Waals surface area contributed by atoms with E-state index in [1.807, 2.05) is 62.4 Å². The first-order valence-electron chi connectivity index (χ1n) is 9.13. The van der Waals surface area contributed by atoms with Gasteiger partial charge in [0.15, 0.2) is 5.78 Å². The van der Waals surface area contributed by atoms with Crippen LogP contribution >= 0.6 is 11.8 Å². The molecule has 0 atom stereocenters. The van der Waals surface area contributed by atoms with Crippen molar-refractivity contribution in [3.05, 3.63) is 86.8 Å². The number of benzene rings is 2. The van der Waals surface area contributed by atoms with E-state index in [2.05, 4.69) is 20.3 Å². The number of hydrogen-bond donors (Lipinski definition) is 1. The summed E-state index contributed by atoms with van der Waals surface area (Å²) in [6.07, 6.45) is 0.399. The molecule has 0 spiro atoms. The highest BCUT2D eigenvalue weighted by molar-refractivity contribution is 7.99. The van der Waals surface area contributed by atoms with E-state index in [1.54, 1.807) is 0 Å². The highest BCUT2D eigenvalue weighted by atomic mass is 32.2. The van der Waals surface area contributed by atoms with Gasteiger partial charge in [0.25, 0.3) is 11.3 Å². The minimum absolute atomic E-state index is 0.00350. The normalized spacial score (nSPS) is 11.1. The molecule has 2 aromatic carbocycles. The topological polar surface area (TPSA) is 93.0 Å². The van der Waals surface area contributed by atoms with E-state index in [9.17, 15) is 9.59 Å². The van der Waals surface area contributed by atoms with Gasteiger partial charge in [0, 0.05) is 12.0 Å². The number of nitrogens with one attached hydrogen (secondary N) is 1. The number of ketones is 1. The van der Waals surface area contributed by atoms with Gasteiger partial charge in [-0.05, 0) is 36.6 Å². The molecule has 7 nitrogen and oxygen atoms in total. The molecule has 4 rings (SSSR count). The number of carbonyl (C=O) groups excluding carboxylic acids is 1. The van der Waals surface area contributed by atoms with Crippen LogP contribution in [-0.2, 0) is 6.42 Å². The summed E-state index contributed by atoms with van der Waals surface area (Å²) in [6.45, 7) is 4.00. The summed E-state index contributed by atoms with van der Waals surface area (Å²) >= 11 is 1.25. The van der Waals surface area contributed by atoms with E-state index in [0.29, 0.717) is 22.8 Å². The largest absolute Gasteiger partial charge is 0.293 e. The average Bonchev–Trinajstić information content (AvgIpc) is 3.11. The van der Waals surface area contributed by atoms with E-state index in [0.717, 1.165) is 16.7 Å². The van der Waals surface area contributed by atoms with Crippen molar-refractivity contribution in [2.24, 2.45) is 0 Å². The summed E-state index contributed by atoms with van der Waals surface area (Å²) in [7, 11) is 0. The van der Waals surface area contributed by atoms with Crippen molar-refractivity contribution in [1.82, 2.24) is 24.8 Å². The summed E-state index contributed by atoms with van der Waals surface area (Å²) in [5.41, 5.74) is 3.95. The molecule has 29 heavy (non-hydrogen) atoms. The molecule has 8 heteroatoms. The van der Waals surface area contributed by atoms with Gasteiger partial charge in [-0.1, -0.05) is 54.2 Å². The Morgan fingerprint density at radius 3 is 2.62 bits per heavy atom. The summed E-state index contributed by atoms with van der Waals surface area (Å²) in [6, 6.07) is 15.3. The number of hydrogen-bond acceptors (Lipinski definition) is 6. The Kier molecular flexibility index (Phi) is 5.26. The van der Waals surface area contributed by atoms with E-state index >= 15 is 0 Å². The second-order valence-corrected chi connectivity index (χ2v) is 7.73. The van der Waals surface area contributed by atoms with Gasteiger partial charge in [0.05, 0.1) is 5.75 Å². The first-order valence-corrected chi connectivity index (χ1v) is 10.1. The minimum atomic E-state index is -0.295. The highest BCUT2D eigenvalue weighted by Gasteiger charge is 2.15. The van der Waals surface area contributed by atoms with Crippen molar-refractivity contribution in [3.8, 4) is 0 Å². The SMILES string of the molecule is Cc1ccc(C(=O)CSc2nnc3[nH]c(=O)c(Cc4ccccc4)nn23)cc1C. The number of nitrogens with zero attached hydrogens (tertiary/aromatic N) is 4. The number of Topliss-reactive ketones (excluding diaryl/α,β-unsaturated/α-hetero) is 1. The Morgan fingerprint density at radius 2 is 1.86 bits per heavy atom. The van der Waals surface area contributed by atoms with Crippen LogP contribution in [0, 0.1) is 13.8 Å². The zero-order chi connectivity index (χ0) is 20.4. The van der Waals surface area contributed by atoms with Crippen LogP contribution in [0.15, 0.2) is 58.5 Å². The number of H-pyrrole nitrogens is 1. The lowest BCUT2D eigenvalue weighted by Crippen LogP contribution is -2.19. The molecule has 0 fully saturated rings. The molecule has 0 saturated carbocycles. The summed E-state index contributed by atoms with van der Waals surface area (Å²) in [4.78, 5) is 27.5. The van der Waals surface area contributed by atoms with Gasteiger partial charge in [0.1, 0.15) is 5.69 Å². The molecule has 0 unspecified atom stereocenters. The first kappa shape index (κ1) is 19.1. The van der Waals surface area contributed by atoms with Gasteiger partial charge in [-0.2, -0.15) is 9.61 Å². The monoisotopic (exact) mass is 405 g/mol. The van der Waals surface area contributed by atoms with Crippen LogP contribution in [-0.4, -0.2) is 36.3 Å². The van der Waals surface area contributed by atoms with Gasteiger partial charge in [-0.15, -0.1) is 10.2 Å². The molecule has 0 aliphatic heterocycles. The molecule has 0 amide bonds. The third kappa shape index (κ3) is 4.12. The lowest BCUT2D eigenvalue weighted by atomic mass is 10.0. The van der Waals surface area contributed by atoms with Crippen molar-refractivity contribution in [3.63, 3.8) is 0 Å². The summed E-state index contributed by atoms with van der Waals surface area (Å²) < 4.78 is 1.48. The fourth-order valence-corrected chi connectivity index (χ4v) is 3.67. The van der Waals surface area contributed by atoms with Crippen molar-refractivity contribution >= 4 is 23.3 Å². The average molecular weight is 405 g/mol. The molecule has 0 aliphatic rings. The third-order valence-electron chi connectivity index (χ3n) is 4.70. The number of fused-ring (bicyclic) bond motifs is 1. The zero-order valence-electron chi connectivity index (χ0n) is 16.0. The zero-order valence-corrected chi connectivity index (χ0v) is 16.9. The maximum absolute atomic E-state index is 12.5. The number of thioether (sulfide) groups is 1. The number of aromatic amines is 1. The molecule has 0 radical (unpaired) electrons. The second-order valence-electron chi connectivity index (χ2n) is 6.79. The maximum Gasteiger partial charge on any atom is 0.274 e. The van der Waals surface area contributed by atoms with Gasteiger partial charge in [-0.3, -0.25) is 14.6 Å². The van der Waals surface area contributed by atoms with Crippen molar-refractivity contribution in [2.75, 3.05) is 5.75 Å². The molecular weight excluding hydrogens is 386 g/mol. The van der Waals surface area contributed by atoms with E-state index in [1.165, 1.54) is 16.3 Å². The third-order valence-corrected chi connectivity index (χ3v) is 5.62. The van der Waals surface area contributed by atoms with Crippen LogP contribution in [0.1, 0.15) is 32.7 Å². The Hall–Kier alpha value is -3.26. The number of aromatic nitrogens is 5. The Labute approximate surface area is 171 Å². The molecule has 2 heterocycles. The molecule has 146 valence electrons. The predicted octanol–water partition coefficient (Wildman–Crippen LogP) is 3.00. The number of aryl methyl sites for hydroxylation is 2. The Balaban J connectivity index is 1.56. The fourth-order valence-electron chi connectivity index (χ4n) is 2.90. The maximum atomic E-state index is 12.5. The number of carbonyl (C=O) groups is 1. The Morgan fingerprint density at radius 1 is 1.07 bits per heavy atom. The van der Waals surface area contributed by atoms with Crippen molar-refractivity contribution in [1.29, 1.82) is 0 Å². The van der Waals surface area contributed by atoms with Crippen LogP contribution in [0.3, 0.4) is 0 Å². The van der Waals surface area contributed by atoms with Crippen molar-refractivity contribution < 1.29 is 4.79 Å². The quantitative estimate of drug-likeness (QED) is 0.392. The highest BCUT2D eigenvalue weighted by Crippen LogP contribution is 2.18. The standard InChI is InChI=1S/C21H19N5O2S/c1-13-8-9-16(10-14(13)2)18(27)12-29-21-24-23-20-22-19(28)17(25-26(20)21)11-15-6-4-3-5-7-15/h3-10H,11-12H2,1-2H3,(H,22,23,28). The van der Waals surface area contributed by atoms with Gasteiger partial charge < -0.3 is 0 Å². The molecule has 0 bridgehead atoms. The van der Waals surface area contributed by atoms with Crippen LogP contribution in [0.5, 0.6) is 0 Å². The summed E-state index contributed by atoms with van der Waals surface area (Å²) in [5, 5.41) is 12.9. The molecule has 4 aromatic rings. The number of rotatable bonds is 6. The molecule has 0 aliphatic carbocycles. The van der Waals surface area contributed by atoms with Gasteiger partial charge in [-0.25, -0.2) is 0 Å². The van der Waals surface area contributed by atoms with Crippen LogP contribution < -0.4 is 5.56 Å². The van der Waals surface area contributed by atoms with E-state index < -0.39 is 0 Å². The van der Waals surface area contributed by atoms with Crippen LogP contribution in [0.25, 0.3) is 5.78 Å². The van der Waals surface area contributed by atoms with Gasteiger partial charge >= 0.3 is 0 Å². The van der Waals surface area contributed by atoms with Gasteiger partial charge in [0.2, 0.25) is 5.16 Å². The smallest absolute Gasteiger partial charge is 0.274 e. The minimum Gasteiger partial charge on any atom is -0.293 e. The molecule has 1 N–H and O–H groups in total. The predicted molar refractivity (Wildman–Crippen MR) is 112 cm³/mol. The molecule has 0 saturated heterocycles. The lowest BCUT2D eigenvalue weighted by Gasteiger charge is -2.05. The lowest BCUT2D eigenvalue weighted by molar-refractivity contribution is 0.102. The molecular formula is C21H19N5O2S. The molecule has 2 aromatic heterocycles. The van der Waals surface area contributed by atoms with E-state index in [4.69, 9.17) is 0 Å².